The molecular formula is C22H26N4O2S. The van der Waals surface area contributed by atoms with E-state index in [4.69, 9.17) is 9.47 Å². The van der Waals surface area contributed by atoms with Crippen LogP contribution in [0.15, 0.2) is 65.8 Å². The van der Waals surface area contributed by atoms with Gasteiger partial charge in [-0.2, -0.15) is 0 Å². The van der Waals surface area contributed by atoms with Crippen LogP contribution in [-0.4, -0.2) is 58.3 Å². The number of hydrogen-bond acceptors (Lipinski definition) is 6. The van der Waals surface area contributed by atoms with Crippen LogP contribution in [0.3, 0.4) is 0 Å². The average molecular weight is 411 g/mol. The lowest BCUT2D eigenvalue weighted by molar-refractivity contribution is 0.0410. The van der Waals surface area contributed by atoms with Crippen LogP contribution in [0.4, 0.5) is 0 Å². The van der Waals surface area contributed by atoms with Gasteiger partial charge in [0.2, 0.25) is 0 Å². The van der Waals surface area contributed by atoms with Crippen LogP contribution in [0.25, 0.3) is 0 Å². The van der Waals surface area contributed by atoms with E-state index in [2.05, 4.69) is 43.9 Å². The van der Waals surface area contributed by atoms with Gasteiger partial charge < -0.3 is 9.47 Å². The number of benzene rings is 2. The highest BCUT2D eigenvalue weighted by molar-refractivity contribution is 7.99. The number of thioether (sulfide) groups is 1. The van der Waals surface area contributed by atoms with Gasteiger partial charge in [0.25, 0.3) is 0 Å². The van der Waals surface area contributed by atoms with Crippen molar-refractivity contribution < 1.29 is 9.47 Å². The van der Waals surface area contributed by atoms with Crippen molar-refractivity contribution in [3.05, 3.63) is 72.1 Å². The number of rotatable bonds is 9. The maximum atomic E-state index is 5.93. The molecule has 0 atom stereocenters. The fraction of sp³-hybridized carbons (Fsp3) is 0.364. The molecule has 152 valence electrons. The second kappa shape index (κ2) is 10.4. The molecule has 0 unspecified atom stereocenters. The van der Waals surface area contributed by atoms with E-state index in [1.165, 1.54) is 5.56 Å². The third-order valence-electron chi connectivity index (χ3n) is 4.83. The van der Waals surface area contributed by atoms with Crippen molar-refractivity contribution in [3.63, 3.8) is 0 Å². The van der Waals surface area contributed by atoms with E-state index in [1.54, 1.807) is 11.8 Å². The van der Waals surface area contributed by atoms with Gasteiger partial charge in [0.1, 0.15) is 12.4 Å². The molecule has 7 heteroatoms. The van der Waals surface area contributed by atoms with Crippen molar-refractivity contribution >= 4 is 11.8 Å². The Labute approximate surface area is 175 Å². The molecule has 3 aromatic rings. The molecule has 29 heavy (non-hydrogen) atoms. The molecule has 0 radical (unpaired) electrons. The molecule has 1 fully saturated rings. The summed E-state index contributed by atoms with van der Waals surface area (Å²) in [6.45, 7) is 5.84. The topological polar surface area (TPSA) is 52.4 Å². The van der Waals surface area contributed by atoms with Gasteiger partial charge in [-0.15, -0.1) is 10.2 Å². The second-order valence-electron chi connectivity index (χ2n) is 6.87. The highest BCUT2D eigenvalue weighted by Crippen LogP contribution is 2.20. The van der Waals surface area contributed by atoms with Gasteiger partial charge in [0.05, 0.1) is 19.8 Å². The molecule has 0 saturated carbocycles. The molecule has 1 saturated heterocycles. The molecule has 1 aliphatic rings. The minimum atomic E-state index is 0.397. The largest absolute Gasteiger partial charge is 0.486 e. The Morgan fingerprint density at radius 1 is 0.931 bits per heavy atom. The van der Waals surface area contributed by atoms with E-state index in [9.17, 15) is 0 Å². The lowest BCUT2D eigenvalue weighted by atomic mass is 10.2. The van der Waals surface area contributed by atoms with Crippen LogP contribution in [-0.2, 0) is 17.9 Å². The maximum Gasteiger partial charge on any atom is 0.191 e. The smallest absolute Gasteiger partial charge is 0.191 e. The maximum absolute atomic E-state index is 5.93. The Balaban J connectivity index is 1.43. The fourth-order valence-corrected chi connectivity index (χ4v) is 4.17. The molecule has 1 aliphatic heterocycles. The Morgan fingerprint density at radius 2 is 1.66 bits per heavy atom. The molecule has 1 aromatic heterocycles. The molecule has 0 amide bonds. The number of morpholine rings is 1. The van der Waals surface area contributed by atoms with Gasteiger partial charge in [0.15, 0.2) is 11.0 Å². The Bertz CT molecular complexity index is 867. The van der Waals surface area contributed by atoms with Crippen LogP contribution in [0.5, 0.6) is 5.75 Å². The van der Waals surface area contributed by atoms with Crippen molar-refractivity contribution in [1.82, 2.24) is 19.7 Å². The molecule has 2 heterocycles. The Morgan fingerprint density at radius 3 is 2.41 bits per heavy atom. The summed E-state index contributed by atoms with van der Waals surface area (Å²) < 4.78 is 13.5. The summed E-state index contributed by atoms with van der Waals surface area (Å²) in [7, 11) is 0. The van der Waals surface area contributed by atoms with Crippen molar-refractivity contribution in [1.29, 1.82) is 0 Å². The van der Waals surface area contributed by atoms with Gasteiger partial charge in [-0.1, -0.05) is 60.3 Å². The summed E-state index contributed by atoms with van der Waals surface area (Å²) in [4.78, 5) is 2.44. The first-order chi connectivity index (χ1) is 14.4. The van der Waals surface area contributed by atoms with Crippen LogP contribution in [0.2, 0.25) is 0 Å². The molecule has 0 bridgehead atoms. The van der Waals surface area contributed by atoms with Gasteiger partial charge in [-0.3, -0.25) is 9.47 Å². The molecule has 2 aromatic carbocycles. The molecular weight excluding hydrogens is 384 g/mol. The third-order valence-corrected chi connectivity index (χ3v) is 5.78. The minimum absolute atomic E-state index is 0.397. The summed E-state index contributed by atoms with van der Waals surface area (Å²) in [6, 6.07) is 20.2. The van der Waals surface area contributed by atoms with Gasteiger partial charge >= 0.3 is 0 Å². The molecule has 0 N–H and O–H groups in total. The summed E-state index contributed by atoms with van der Waals surface area (Å²) in [5.41, 5.74) is 1.23. The molecule has 0 aliphatic carbocycles. The number of aromatic nitrogens is 3. The standard InChI is InChI=1S/C22H26N4O2S/c1-3-7-19(8-4-1)17-26-21(18-28-20-9-5-2-6-10-20)23-24-22(26)29-16-13-25-11-14-27-15-12-25/h1-10H,11-18H2. The van der Waals surface area contributed by atoms with Gasteiger partial charge in [-0.05, 0) is 17.7 Å². The fourth-order valence-electron chi connectivity index (χ4n) is 3.21. The normalized spacial score (nSPS) is 14.8. The third kappa shape index (κ3) is 5.82. The number of nitrogens with zero attached hydrogens (tertiary/aromatic N) is 4. The van der Waals surface area contributed by atoms with E-state index >= 15 is 0 Å². The predicted octanol–water partition coefficient (Wildman–Crippen LogP) is 3.33. The zero-order chi connectivity index (χ0) is 19.7. The van der Waals surface area contributed by atoms with E-state index in [-0.39, 0.29) is 0 Å². The van der Waals surface area contributed by atoms with E-state index < -0.39 is 0 Å². The SMILES string of the molecule is c1ccc(Cn2c(COc3ccccc3)nnc2SCCN2CCOCC2)cc1. The first-order valence-electron chi connectivity index (χ1n) is 9.95. The predicted molar refractivity (Wildman–Crippen MR) is 114 cm³/mol. The summed E-state index contributed by atoms with van der Waals surface area (Å²) in [5.74, 6) is 2.65. The molecule has 6 nitrogen and oxygen atoms in total. The first kappa shape index (κ1) is 19.9. The molecule has 4 rings (SSSR count). The zero-order valence-electron chi connectivity index (χ0n) is 16.4. The van der Waals surface area contributed by atoms with Crippen molar-refractivity contribution in [3.8, 4) is 5.75 Å². The van der Waals surface area contributed by atoms with E-state index in [0.717, 1.165) is 61.9 Å². The summed E-state index contributed by atoms with van der Waals surface area (Å²) >= 11 is 1.75. The van der Waals surface area contributed by atoms with E-state index in [1.807, 2.05) is 36.4 Å². The minimum Gasteiger partial charge on any atom is -0.486 e. The van der Waals surface area contributed by atoms with Gasteiger partial charge in [0, 0.05) is 25.4 Å². The van der Waals surface area contributed by atoms with Crippen molar-refractivity contribution in [2.75, 3.05) is 38.6 Å². The van der Waals surface area contributed by atoms with Crippen LogP contribution in [0, 0.1) is 0 Å². The first-order valence-corrected chi connectivity index (χ1v) is 10.9. The number of ether oxygens (including phenoxy) is 2. The zero-order valence-corrected chi connectivity index (χ0v) is 17.3. The van der Waals surface area contributed by atoms with Gasteiger partial charge in [-0.25, -0.2) is 0 Å². The lowest BCUT2D eigenvalue weighted by Crippen LogP contribution is -2.37. The van der Waals surface area contributed by atoms with Crippen LogP contribution < -0.4 is 4.74 Å². The van der Waals surface area contributed by atoms with Crippen LogP contribution >= 0.6 is 11.8 Å². The average Bonchev–Trinajstić information content (AvgIpc) is 3.16. The lowest BCUT2D eigenvalue weighted by Gasteiger charge is -2.26. The Hall–Kier alpha value is -2.35. The number of hydrogen-bond donors (Lipinski definition) is 0. The molecule has 0 spiro atoms. The van der Waals surface area contributed by atoms with Crippen molar-refractivity contribution in [2.45, 2.75) is 18.3 Å². The monoisotopic (exact) mass is 410 g/mol. The highest BCUT2D eigenvalue weighted by atomic mass is 32.2. The quantitative estimate of drug-likeness (QED) is 0.505. The van der Waals surface area contributed by atoms with Crippen LogP contribution in [0.1, 0.15) is 11.4 Å². The Kier molecular flexibility index (Phi) is 7.18. The summed E-state index contributed by atoms with van der Waals surface area (Å²) in [5, 5.41) is 9.82. The second-order valence-corrected chi connectivity index (χ2v) is 7.94. The van der Waals surface area contributed by atoms with Crippen molar-refractivity contribution in [2.24, 2.45) is 0 Å². The summed E-state index contributed by atoms with van der Waals surface area (Å²) in [6.07, 6.45) is 0. The van der Waals surface area contributed by atoms with E-state index in [0.29, 0.717) is 6.61 Å². The highest BCUT2D eigenvalue weighted by Gasteiger charge is 2.15. The number of para-hydroxylation sites is 1.